The molecule has 0 rings (SSSR count). The Morgan fingerprint density at radius 2 is 2.12 bits per heavy atom. The molecule has 2 N–H and O–H groups in total. The lowest BCUT2D eigenvalue weighted by Gasteiger charge is -2.14. The highest BCUT2D eigenvalue weighted by Crippen LogP contribution is 1.97. The number of esters is 1. The molecule has 4 nitrogen and oxygen atoms in total. The molecular formula is C12H23NO3. The van der Waals surface area contributed by atoms with Gasteiger partial charge in [-0.3, -0.25) is 0 Å². The van der Waals surface area contributed by atoms with E-state index in [0.717, 1.165) is 13.0 Å². The lowest BCUT2D eigenvalue weighted by molar-refractivity contribution is -0.141. The van der Waals surface area contributed by atoms with E-state index in [1.54, 1.807) is 6.92 Å². The second-order valence-electron chi connectivity index (χ2n) is 4.20. The highest BCUT2D eigenvalue weighted by molar-refractivity contribution is 5.86. The molecule has 0 aromatic carbocycles. The van der Waals surface area contributed by atoms with Crippen molar-refractivity contribution in [2.24, 2.45) is 5.92 Å². The van der Waals surface area contributed by atoms with Crippen molar-refractivity contribution in [2.45, 2.75) is 33.3 Å². The number of hydrogen-bond donors (Lipinski definition) is 2. The van der Waals surface area contributed by atoms with Gasteiger partial charge in [-0.2, -0.15) is 0 Å². The van der Waals surface area contributed by atoms with Crippen LogP contribution in [0.4, 0.5) is 0 Å². The van der Waals surface area contributed by atoms with E-state index in [2.05, 4.69) is 25.7 Å². The van der Waals surface area contributed by atoms with Gasteiger partial charge < -0.3 is 15.2 Å². The Morgan fingerprint density at radius 1 is 1.50 bits per heavy atom. The molecule has 0 spiro atoms. The molecule has 0 bridgehead atoms. The van der Waals surface area contributed by atoms with Crippen molar-refractivity contribution < 1.29 is 14.6 Å². The van der Waals surface area contributed by atoms with Crippen LogP contribution >= 0.6 is 0 Å². The maximum absolute atomic E-state index is 11.0. The van der Waals surface area contributed by atoms with Gasteiger partial charge >= 0.3 is 5.97 Å². The fourth-order valence-electron chi connectivity index (χ4n) is 0.995. The highest BCUT2D eigenvalue weighted by atomic mass is 16.5. The summed E-state index contributed by atoms with van der Waals surface area (Å²) >= 11 is 0. The van der Waals surface area contributed by atoms with Gasteiger partial charge in [0, 0.05) is 12.1 Å². The molecule has 0 aliphatic heterocycles. The minimum atomic E-state index is -0.660. The lowest BCUT2D eigenvalue weighted by Crippen LogP contribution is -2.33. The summed E-state index contributed by atoms with van der Waals surface area (Å²) in [6.07, 6.45) is 0.445. The third kappa shape index (κ3) is 7.43. The zero-order valence-electron chi connectivity index (χ0n) is 10.5. The predicted molar refractivity (Wildman–Crippen MR) is 64.1 cm³/mol. The second-order valence-corrected chi connectivity index (χ2v) is 4.20. The number of aliphatic hydroxyl groups is 1. The van der Waals surface area contributed by atoms with Crippen molar-refractivity contribution in [3.8, 4) is 0 Å². The van der Waals surface area contributed by atoms with Crippen LogP contribution in [0.5, 0.6) is 0 Å². The third-order valence-electron chi connectivity index (χ3n) is 2.32. The number of aliphatic hydroxyl groups excluding tert-OH is 1. The van der Waals surface area contributed by atoms with Crippen molar-refractivity contribution in [1.82, 2.24) is 5.32 Å². The first-order valence-electron chi connectivity index (χ1n) is 5.68. The zero-order valence-corrected chi connectivity index (χ0v) is 10.5. The number of hydrogen-bond acceptors (Lipinski definition) is 4. The van der Waals surface area contributed by atoms with Crippen molar-refractivity contribution in [3.63, 3.8) is 0 Å². The van der Waals surface area contributed by atoms with Crippen LogP contribution in [0.2, 0.25) is 0 Å². The van der Waals surface area contributed by atoms with Crippen LogP contribution in [-0.2, 0) is 9.53 Å². The van der Waals surface area contributed by atoms with E-state index in [4.69, 9.17) is 4.74 Å². The Labute approximate surface area is 97.7 Å². The smallest absolute Gasteiger partial charge is 0.333 e. The molecule has 0 radical (unpaired) electrons. The summed E-state index contributed by atoms with van der Waals surface area (Å²) < 4.78 is 4.82. The average Bonchev–Trinajstić information content (AvgIpc) is 2.25. The number of rotatable bonds is 8. The van der Waals surface area contributed by atoms with Crippen LogP contribution in [0, 0.1) is 5.92 Å². The van der Waals surface area contributed by atoms with Crippen molar-refractivity contribution in [1.29, 1.82) is 0 Å². The molecule has 0 amide bonds. The molecular weight excluding hydrogens is 206 g/mol. The first kappa shape index (κ1) is 15.1. The van der Waals surface area contributed by atoms with E-state index in [9.17, 15) is 9.90 Å². The van der Waals surface area contributed by atoms with Gasteiger partial charge in [0.25, 0.3) is 0 Å². The van der Waals surface area contributed by atoms with Crippen LogP contribution in [0.1, 0.15) is 27.2 Å². The number of nitrogens with one attached hydrogen (secondary N) is 1. The molecule has 0 aromatic rings. The Morgan fingerprint density at radius 3 is 2.62 bits per heavy atom. The third-order valence-corrected chi connectivity index (χ3v) is 2.32. The van der Waals surface area contributed by atoms with Gasteiger partial charge in [-0.1, -0.05) is 26.8 Å². The molecule has 0 aliphatic rings. The van der Waals surface area contributed by atoms with E-state index < -0.39 is 12.1 Å². The van der Waals surface area contributed by atoms with Crippen molar-refractivity contribution >= 4 is 5.97 Å². The largest absolute Gasteiger partial charge is 0.460 e. The molecule has 16 heavy (non-hydrogen) atoms. The van der Waals surface area contributed by atoms with Crippen LogP contribution in [-0.4, -0.2) is 36.9 Å². The van der Waals surface area contributed by atoms with E-state index in [0.29, 0.717) is 18.0 Å². The molecule has 0 fully saturated rings. The van der Waals surface area contributed by atoms with Gasteiger partial charge in [-0.05, 0) is 19.4 Å². The molecule has 94 valence electrons. The number of carbonyl (C=O) groups excluding carboxylic acids is 1. The quantitative estimate of drug-likeness (QED) is 0.483. The van der Waals surface area contributed by atoms with Gasteiger partial charge in [0.1, 0.15) is 12.7 Å². The summed E-state index contributed by atoms with van der Waals surface area (Å²) in [4.78, 5) is 11.0. The fourth-order valence-corrected chi connectivity index (χ4v) is 0.995. The van der Waals surface area contributed by atoms with E-state index >= 15 is 0 Å². The summed E-state index contributed by atoms with van der Waals surface area (Å²) in [6, 6.07) is 0. The summed E-state index contributed by atoms with van der Waals surface area (Å²) in [5.74, 6) is 0.131. The summed E-state index contributed by atoms with van der Waals surface area (Å²) in [7, 11) is 0. The lowest BCUT2D eigenvalue weighted by atomic mass is 10.1. The Hall–Kier alpha value is -0.870. The van der Waals surface area contributed by atoms with E-state index in [1.807, 2.05) is 0 Å². The highest BCUT2D eigenvalue weighted by Gasteiger charge is 2.09. The second kappa shape index (κ2) is 8.30. The van der Waals surface area contributed by atoms with Gasteiger partial charge in [-0.25, -0.2) is 4.79 Å². The fraction of sp³-hybridized carbons (Fsp3) is 0.750. The Kier molecular flexibility index (Phi) is 7.85. The minimum absolute atomic E-state index is 0.0131. The normalized spacial score (nSPS) is 14.2. The topological polar surface area (TPSA) is 58.6 Å². The standard InChI is InChI=1S/C12H23NO3/c1-5-10(4)6-13-7-11(14)8-16-12(15)9(2)3/h10-11,13-14H,2,5-8H2,1,3-4H3. The molecule has 4 heteroatoms. The molecule has 2 unspecified atom stereocenters. The number of carbonyl (C=O) groups is 1. The molecule has 0 saturated carbocycles. The molecule has 0 aromatic heterocycles. The first-order valence-corrected chi connectivity index (χ1v) is 5.68. The SMILES string of the molecule is C=C(C)C(=O)OCC(O)CNCC(C)CC. The van der Waals surface area contributed by atoms with Gasteiger partial charge in [0.2, 0.25) is 0 Å². The maximum atomic E-state index is 11.0. The van der Waals surface area contributed by atoms with E-state index in [1.165, 1.54) is 0 Å². The Balaban J connectivity index is 3.55. The van der Waals surface area contributed by atoms with Gasteiger partial charge in [0.05, 0.1) is 0 Å². The van der Waals surface area contributed by atoms with Crippen LogP contribution in [0.3, 0.4) is 0 Å². The van der Waals surface area contributed by atoms with Gasteiger partial charge in [-0.15, -0.1) is 0 Å². The zero-order chi connectivity index (χ0) is 12.6. The molecule has 0 aliphatic carbocycles. The van der Waals surface area contributed by atoms with E-state index in [-0.39, 0.29) is 6.61 Å². The van der Waals surface area contributed by atoms with Crippen LogP contribution in [0.15, 0.2) is 12.2 Å². The molecule has 0 heterocycles. The monoisotopic (exact) mass is 229 g/mol. The summed E-state index contributed by atoms with van der Waals surface area (Å²) in [5, 5.41) is 12.6. The average molecular weight is 229 g/mol. The van der Waals surface area contributed by atoms with Crippen LogP contribution in [0.25, 0.3) is 0 Å². The van der Waals surface area contributed by atoms with Crippen LogP contribution < -0.4 is 5.32 Å². The van der Waals surface area contributed by atoms with Gasteiger partial charge in [0.15, 0.2) is 0 Å². The van der Waals surface area contributed by atoms with Crippen molar-refractivity contribution in [2.75, 3.05) is 19.7 Å². The minimum Gasteiger partial charge on any atom is -0.460 e. The first-order chi connectivity index (χ1) is 7.47. The predicted octanol–water partition coefficient (Wildman–Crippen LogP) is 1.10. The summed E-state index contributed by atoms with van der Waals surface area (Å²) in [5.41, 5.74) is 0.347. The molecule has 0 saturated heterocycles. The Bertz CT molecular complexity index is 228. The van der Waals surface area contributed by atoms with Crippen molar-refractivity contribution in [3.05, 3.63) is 12.2 Å². The number of ether oxygens (including phenoxy) is 1. The summed E-state index contributed by atoms with van der Waals surface area (Å²) in [6.45, 7) is 10.6. The maximum Gasteiger partial charge on any atom is 0.333 e. The molecule has 2 atom stereocenters.